The summed E-state index contributed by atoms with van der Waals surface area (Å²) in [6, 6.07) is 7.10. The average Bonchev–Trinajstić information content (AvgIpc) is 2.37. The number of thioether (sulfide) groups is 1. The molecule has 0 bridgehead atoms. The molecule has 0 aliphatic carbocycles. The smallest absolute Gasteiger partial charge is 0.179 e. The van der Waals surface area contributed by atoms with E-state index in [0.29, 0.717) is 5.02 Å². The van der Waals surface area contributed by atoms with Gasteiger partial charge in [-0.3, -0.25) is 9.69 Å². The number of halogens is 1. The summed E-state index contributed by atoms with van der Waals surface area (Å²) in [4.78, 5) is 14.8. The molecule has 0 saturated carbocycles. The molecule has 1 unspecified atom stereocenters. The zero-order valence-corrected chi connectivity index (χ0v) is 13.2. The normalized spacial score (nSPS) is 21.1. The summed E-state index contributed by atoms with van der Waals surface area (Å²) in [6.07, 6.45) is 0. The first-order chi connectivity index (χ1) is 8.89. The topological polar surface area (TPSA) is 20.3 Å². The van der Waals surface area contributed by atoms with Crippen LogP contribution in [0.5, 0.6) is 0 Å². The zero-order chi connectivity index (χ0) is 14.0. The number of carbonyl (C=O) groups is 1. The van der Waals surface area contributed by atoms with Crippen molar-refractivity contribution >= 4 is 29.1 Å². The number of carbonyl (C=O) groups excluding carboxylic acids is 1. The Morgan fingerprint density at radius 1 is 1.37 bits per heavy atom. The van der Waals surface area contributed by atoms with Crippen LogP contribution in [0.4, 0.5) is 0 Å². The van der Waals surface area contributed by atoms with Crippen LogP contribution in [-0.4, -0.2) is 40.3 Å². The molecule has 19 heavy (non-hydrogen) atoms. The number of Topliss-reactive ketones (excluding diaryl/α,β-unsaturated/α-hetero) is 1. The second-order valence-electron chi connectivity index (χ2n) is 5.63. The molecular weight excluding hydrogens is 278 g/mol. The molecule has 4 heteroatoms. The van der Waals surface area contributed by atoms with E-state index in [1.165, 1.54) is 0 Å². The summed E-state index contributed by atoms with van der Waals surface area (Å²) < 4.78 is 0.229. The Kier molecular flexibility index (Phi) is 4.59. The van der Waals surface area contributed by atoms with E-state index >= 15 is 0 Å². The van der Waals surface area contributed by atoms with Gasteiger partial charge < -0.3 is 0 Å². The van der Waals surface area contributed by atoms with E-state index in [2.05, 4.69) is 18.7 Å². The number of benzene rings is 1. The molecule has 1 aromatic carbocycles. The fourth-order valence-corrected chi connectivity index (χ4v) is 3.67. The third-order valence-electron chi connectivity index (χ3n) is 3.51. The highest BCUT2D eigenvalue weighted by molar-refractivity contribution is 8.00. The zero-order valence-electron chi connectivity index (χ0n) is 11.6. The molecule has 0 N–H and O–H groups in total. The van der Waals surface area contributed by atoms with Gasteiger partial charge >= 0.3 is 0 Å². The van der Waals surface area contributed by atoms with Gasteiger partial charge in [0, 0.05) is 34.2 Å². The summed E-state index contributed by atoms with van der Waals surface area (Å²) in [5.74, 6) is 1.27. The van der Waals surface area contributed by atoms with Gasteiger partial charge in [-0.05, 0) is 45.0 Å². The van der Waals surface area contributed by atoms with E-state index in [4.69, 9.17) is 11.6 Å². The number of ketones is 1. The Morgan fingerprint density at radius 3 is 2.58 bits per heavy atom. The van der Waals surface area contributed by atoms with Gasteiger partial charge in [-0.15, -0.1) is 0 Å². The van der Waals surface area contributed by atoms with Gasteiger partial charge in [0.1, 0.15) is 0 Å². The fraction of sp³-hybridized carbons (Fsp3) is 0.533. The largest absolute Gasteiger partial charge is 0.292 e. The monoisotopic (exact) mass is 297 g/mol. The van der Waals surface area contributed by atoms with Crippen LogP contribution in [0.25, 0.3) is 0 Å². The van der Waals surface area contributed by atoms with Gasteiger partial charge in [0.15, 0.2) is 5.78 Å². The van der Waals surface area contributed by atoms with E-state index in [1.807, 2.05) is 30.8 Å². The van der Waals surface area contributed by atoms with E-state index in [9.17, 15) is 4.79 Å². The van der Waals surface area contributed by atoms with E-state index in [1.54, 1.807) is 12.1 Å². The van der Waals surface area contributed by atoms with Crippen molar-refractivity contribution in [1.82, 2.24) is 4.90 Å². The number of rotatable bonds is 3. The summed E-state index contributed by atoms with van der Waals surface area (Å²) in [5, 5.41) is 0.666. The molecule has 2 rings (SSSR count). The molecule has 0 aromatic heterocycles. The Balaban J connectivity index is 2.08. The maximum Gasteiger partial charge on any atom is 0.179 e. The predicted molar refractivity (Wildman–Crippen MR) is 83.4 cm³/mol. The number of hydrogen-bond acceptors (Lipinski definition) is 3. The van der Waals surface area contributed by atoms with Crippen LogP contribution in [0, 0.1) is 0 Å². The molecule has 0 spiro atoms. The average molecular weight is 298 g/mol. The van der Waals surface area contributed by atoms with E-state index < -0.39 is 0 Å². The molecular formula is C15H20ClNOS. The van der Waals surface area contributed by atoms with Crippen molar-refractivity contribution in [3.8, 4) is 0 Å². The molecule has 1 heterocycles. The summed E-state index contributed by atoms with van der Waals surface area (Å²) in [7, 11) is 0. The van der Waals surface area contributed by atoms with Crippen molar-refractivity contribution in [2.24, 2.45) is 0 Å². The lowest BCUT2D eigenvalue weighted by Gasteiger charge is -2.40. The SMILES string of the molecule is CC(C(=O)c1ccc(Cl)cc1)N1CCSC(C)(C)C1. The van der Waals surface area contributed by atoms with Gasteiger partial charge in [-0.2, -0.15) is 11.8 Å². The van der Waals surface area contributed by atoms with Crippen molar-refractivity contribution in [1.29, 1.82) is 0 Å². The second-order valence-corrected chi connectivity index (χ2v) is 7.86. The first kappa shape index (κ1) is 14.9. The highest BCUT2D eigenvalue weighted by Crippen LogP contribution is 2.30. The van der Waals surface area contributed by atoms with Gasteiger partial charge in [-0.25, -0.2) is 0 Å². The van der Waals surface area contributed by atoms with Crippen LogP contribution in [0.3, 0.4) is 0 Å². The minimum Gasteiger partial charge on any atom is -0.292 e. The molecule has 0 radical (unpaired) electrons. The van der Waals surface area contributed by atoms with Gasteiger partial charge in [0.2, 0.25) is 0 Å². The molecule has 0 amide bonds. The molecule has 1 aromatic rings. The van der Waals surface area contributed by atoms with Gasteiger partial charge in [0.05, 0.1) is 6.04 Å². The minimum atomic E-state index is -0.0682. The molecule has 1 aliphatic rings. The molecule has 1 atom stereocenters. The first-order valence-corrected chi connectivity index (χ1v) is 7.93. The Morgan fingerprint density at radius 2 is 2.00 bits per heavy atom. The van der Waals surface area contributed by atoms with Crippen LogP contribution < -0.4 is 0 Å². The summed E-state index contributed by atoms with van der Waals surface area (Å²) >= 11 is 7.84. The predicted octanol–water partition coefficient (Wildman–Crippen LogP) is 3.74. The Labute approximate surface area is 124 Å². The van der Waals surface area contributed by atoms with Crippen molar-refractivity contribution < 1.29 is 4.79 Å². The fourth-order valence-electron chi connectivity index (χ4n) is 2.40. The number of hydrogen-bond donors (Lipinski definition) is 0. The minimum absolute atomic E-state index is 0.0682. The standard InChI is InChI=1S/C15H20ClNOS/c1-11(17-8-9-19-15(2,3)10-17)14(18)12-4-6-13(16)7-5-12/h4-7,11H,8-10H2,1-3H3. The lowest BCUT2D eigenvalue weighted by atomic mass is 10.0. The van der Waals surface area contributed by atoms with Gasteiger partial charge in [0.25, 0.3) is 0 Å². The van der Waals surface area contributed by atoms with Crippen LogP contribution in [0.2, 0.25) is 5.02 Å². The molecule has 2 nitrogen and oxygen atoms in total. The van der Waals surface area contributed by atoms with Crippen molar-refractivity contribution in [2.75, 3.05) is 18.8 Å². The van der Waals surface area contributed by atoms with Crippen molar-refractivity contribution in [3.05, 3.63) is 34.9 Å². The van der Waals surface area contributed by atoms with Crippen LogP contribution in [-0.2, 0) is 0 Å². The third-order valence-corrected chi connectivity index (χ3v) is 5.06. The van der Waals surface area contributed by atoms with E-state index in [-0.39, 0.29) is 16.6 Å². The van der Waals surface area contributed by atoms with Crippen LogP contribution in [0.1, 0.15) is 31.1 Å². The van der Waals surface area contributed by atoms with Crippen molar-refractivity contribution in [3.63, 3.8) is 0 Å². The highest BCUT2D eigenvalue weighted by atomic mass is 35.5. The first-order valence-electron chi connectivity index (χ1n) is 6.57. The highest BCUT2D eigenvalue weighted by Gasteiger charge is 2.32. The lowest BCUT2D eigenvalue weighted by Crippen LogP contribution is -2.49. The summed E-state index contributed by atoms with van der Waals surface area (Å²) in [6.45, 7) is 8.42. The van der Waals surface area contributed by atoms with Gasteiger partial charge in [-0.1, -0.05) is 11.6 Å². The van der Waals surface area contributed by atoms with Crippen LogP contribution in [0.15, 0.2) is 24.3 Å². The molecule has 1 aliphatic heterocycles. The number of nitrogens with zero attached hydrogens (tertiary/aromatic N) is 1. The second kappa shape index (κ2) is 5.86. The Bertz CT molecular complexity index is 458. The maximum absolute atomic E-state index is 12.5. The Hall–Kier alpha value is -0.510. The maximum atomic E-state index is 12.5. The molecule has 104 valence electrons. The lowest BCUT2D eigenvalue weighted by molar-refractivity contribution is 0.0832. The van der Waals surface area contributed by atoms with E-state index in [0.717, 1.165) is 24.4 Å². The molecule has 1 saturated heterocycles. The summed E-state index contributed by atoms with van der Waals surface area (Å²) in [5.41, 5.74) is 0.743. The third kappa shape index (κ3) is 3.74. The quantitative estimate of drug-likeness (QED) is 0.793. The molecule has 1 fully saturated rings. The van der Waals surface area contributed by atoms with Crippen molar-refractivity contribution in [2.45, 2.75) is 31.6 Å². The van der Waals surface area contributed by atoms with Crippen LogP contribution >= 0.6 is 23.4 Å².